The lowest BCUT2D eigenvalue weighted by Crippen LogP contribution is -1.97. The highest BCUT2D eigenvalue weighted by Crippen LogP contribution is 2.37. The number of hydrogen-bond acceptors (Lipinski definition) is 4. The molecule has 3 nitrogen and oxygen atoms in total. The van der Waals surface area contributed by atoms with Gasteiger partial charge >= 0.3 is 0 Å². The first-order chi connectivity index (χ1) is 11.1. The Hall–Kier alpha value is -1.62. The van der Waals surface area contributed by atoms with Crippen LogP contribution in [-0.4, -0.2) is 21.2 Å². The summed E-state index contributed by atoms with van der Waals surface area (Å²) < 4.78 is 0. The van der Waals surface area contributed by atoms with E-state index in [1.165, 1.54) is 11.8 Å². The number of thioether (sulfide) groups is 1. The summed E-state index contributed by atoms with van der Waals surface area (Å²) in [5.74, 6) is 0. The second-order valence-electron chi connectivity index (χ2n) is 4.92. The van der Waals surface area contributed by atoms with Gasteiger partial charge in [-0.3, -0.25) is 4.98 Å². The van der Waals surface area contributed by atoms with Gasteiger partial charge in [-0.15, -0.1) is 0 Å². The maximum Gasteiger partial charge on any atom is 0.189 e. The zero-order valence-corrected chi connectivity index (χ0v) is 14.9. The van der Waals surface area contributed by atoms with Crippen LogP contribution in [0.25, 0.3) is 22.4 Å². The molecule has 6 heteroatoms. The summed E-state index contributed by atoms with van der Waals surface area (Å²) in [6.45, 7) is 1.96. The van der Waals surface area contributed by atoms with E-state index in [-0.39, 0.29) is 0 Å². The molecule has 0 unspecified atom stereocenters. The van der Waals surface area contributed by atoms with Gasteiger partial charge < -0.3 is 0 Å². The molecule has 0 amide bonds. The Morgan fingerprint density at radius 3 is 2.35 bits per heavy atom. The Labute approximate surface area is 149 Å². The fraction of sp³-hybridized carbons (Fsp3) is 0.118. The monoisotopic (exact) mass is 361 g/mol. The first kappa shape index (κ1) is 16.2. The van der Waals surface area contributed by atoms with E-state index >= 15 is 0 Å². The largest absolute Gasteiger partial charge is 0.265 e. The second kappa shape index (κ2) is 6.87. The molecule has 0 saturated carbocycles. The number of nitrogens with zero attached hydrogens (tertiary/aromatic N) is 3. The highest BCUT2D eigenvalue weighted by atomic mass is 35.5. The minimum absolute atomic E-state index is 0.429. The molecule has 0 bridgehead atoms. The Balaban J connectivity index is 2.28. The predicted molar refractivity (Wildman–Crippen MR) is 97.2 cm³/mol. The molecule has 0 N–H and O–H groups in total. The Morgan fingerprint density at radius 2 is 1.70 bits per heavy atom. The lowest BCUT2D eigenvalue weighted by molar-refractivity contribution is 0.979. The van der Waals surface area contributed by atoms with Crippen LogP contribution >= 0.6 is 35.0 Å². The summed E-state index contributed by atoms with van der Waals surface area (Å²) in [6.07, 6.45) is 5.40. The van der Waals surface area contributed by atoms with E-state index in [0.717, 1.165) is 33.0 Å². The summed E-state index contributed by atoms with van der Waals surface area (Å²) in [4.78, 5) is 13.1. The SMILES string of the molecule is CSc1nc(Cl)c(-c2ccc(Cl)c(C)c2)c(-c2ccncc2)n1. The first-order valence-corrected chi connectivity index (χ1v) is 8.86. The highest BCUT2D eigenvalue weighted by molar-refractivity contribution is 7.98. The van der Waals surface area contributed by atoms with Gasteiger partial charge in [-0.1, -0.05) is 41.0 Å². The van der Waals surface area contributed by atoms with Crippen molar-refractivity contribution in [1.82, 2.24) is 15.0 Å². The maximum atomic E-state index is 6.48. The predicted octanol–water partition coefficient (Wildman–Crippen LogP) is 5.54. The first-order valence-electron chi connectivity index (χ1n) is 6.88. The van der Waals surface area contributed by atoms with E-state index in [1.54, 1.807) is 12.4 Å². The summed E-state index contributed by atoms with van der Waals surface area (Å²) >= 11 is 14.1. The minimum atomic E-state index is 0.429. The number of pyridine rings is 1. The normalized spacial score (nSPS) is 10.8. The molecule has 3 rings (SSSR count). The van der Waals surface area contributed by atoms with Crippen LogP contribution in [-0.2, 0) is 0 Å². The zero-order valence-electron chi connectivity index (χ0n) is 12.5. The quantitative estimate of drug-likeness (QED) is 0.348. The topological polar surface area (TPSA) is 38.7 Å². The molecule has 0 radical (unpaired) electrons. The summed E-state index contributed by atoms with van der Waals surface area (Å²) in [5, 5.41) is 1.78. The van der Waals surface area contributed by atoms with Gasteiger partial charge in [0.15, 0.2) is 5.16 Å². The van der Waals surface area contributed by atoms with Crippen molar-refractivity contribution in [3.05, 3.63) is 58.5 Å². The third-order valence-corrected chi connectivity index (χ3v) is 4.67. The van der Waals surface area contributed by atoms with Crippen molar-refractivity contribution in [2.24, 2.45) is 0 Å². The third-order valence-electron chi connectivity index (χ3n) is 3.43. The number of hydrogen-bond donors (Lipinski definition) is 0. The second-order valence-corrected chi connectivity index (χ2v) is 6.46. The minimum Gasteiger partial charge on any atom is -0.265 e. The average Bonchev–Trinajstić information content (AvgIpc) is 2.57. The van der Waals surface area contributed by atoms with Crippen LogP contribution in [0.2, 0.25) is 10.2 Å². The molecule has 2 heterocycles. The number of rotatable bonds is 3. The molecule has 3 aromatic rings. The standard InChI is InChI=1S/C17H13Cl2N3S/c1-10-9-12(3-4-13(10)18)14-15(11-5-7-20-8-6-11)21-17(23-2)22-16(14)19/h3-9H,1-2H3. The van der Waals surface area contributed by atoms with Crippen molar-refractivity contribution in [2.45, 2.75) is 12.1 Å². The van der Waals surface area contributed by atoms with Crippen LogP contribution in [0.5, 0.6) is 0 Å². The molecular weight excluding hydrogens is 349 g/mol. The molecule has 116 valence electrons. The van der Waals surface area contributed by atoms with Gasteiger partial charge in [0.2, 0.25) is 0 Å². The molecule has 2 aromatic heterocycles. The fourth-order valence-electron chi connectivity index (χ4n) is 2.28. The highest BCUT2D eigenvalue weighted by Gasteiger charge is 2.17. The van der Waals surface area contributed by atoms with E-state index in [0.29, 0.717) is 10.3 Å². The van der Waals surface area contributed by atoms with Crippen molar-refractivity contribution in [3.8, 4) is 22.4 Å². The van der Waals surface area contributed by atoms with E-state index in [4.69, 9.17) is 23.2 Å². The molecule has 0 aliphatic carbocycles. The summed E-state index contributed by atoms with van der Waals surface area (Å²) in [5.41, 5.74) is 4.46. The van der Waals surface area contributed by atoms with Crippen molar-refractivity contribution < 1.29 is 0 Å². The van der Waals surface area contributed by atoms with E-state index in [2.05, 4.69) is 15.0 Å². The van der Waals surface area contributed by atoms with Gasteiger partial charge in [0.1, 0.15) is 5.15 Å². The number of halogens is 2. The lowest BCUT2D eigenvalue weighted by atomic mass is 10.00. The van der Waals surface area contributed by atoms with Gasteiger partial charge in [-0.2, -0.15) is 0 Å². The van der Waals surface area contributed by atoms with E-state index in [1.807, 2.05) is 43.5 Å². The third kappa shape index (κ3) is 3.34. The number of aryl methyl sites for hydroxylation is 1. The van der Waals surface area contributed by atoms with Crippen LogP contribution in [0.1, 0.15) is 5.56 Å². The Morgan fingerprint density at radius 1 is 0.957 bits per heavy atom. The van der Waals surface area contributed by atoms with Gasteiger partial charge in [0, 0.05) is 28.5 Å². The van der Waals surface area contributed by atoms with Gasteiger partial charge in [0.05, 0.1) is 5.69 Å². The molecule has 1 aromatic carbocycles. The smallest absolute Gasteiger partial charge is 0.189 e. The van der Waals surface area contributed by atoms with Crippen LogP contribution in [0.3, 0.4) is 0 Å². The van der Waals surface area contributed by atoms with Crippen molar-refractivity contribution in [1.29, 1.82) is 0 Å². The molecular formula is C17H13Cl2N3S. The molecule has 0 aliphatic rings. The van der Waals surface area contributed by atoms with Crippen molar-refractivity contribution in [3.63, 3.8) is 0 Å². The van der Waals surface area contributed by atoms with Crippen molar-refractivity contribution in [2.75, 3.05) is 6.26 Å². The summed E-state index contributed by atoms with van der Waals surface area (Å²) in [7, 11) is 0. The molecule has 0 atom stereocenters. The Kier molecular flexibility index (Phi) is 4.85. The van der Waals surface area contributed by atoms with Crippen LogP contribution in [0.15, 0.2) is 47.9 Å². The molecule has 0 aliphatic heterocycles. The molecule has 0 fully saturated rings. The molecule has 0 saturated heterocycles. The molecule has 0 spiro atoms. The zero-order chi connectivity index (χ0) is 16.4. The fourth-order valence-corrected chi connectivity index (χ4v) is 3.09. The van der Waals surface area contributed by atoms with Crippen LogP contribution < -0.4 is 0 Å². The van der Waals surface area contributed by atoms with Gasteiger partial charge in [-0.25, -0.2) is 9.97 Å². The number of benzene rings is 1. The summed E-state index contributed by atoms with van der Waals surface area (Å²) in [6, 6.07) is 9.62. The van der Waals surface area contributed by atoms with Crippen LogP contribution in [0.4, 0.5) is 0 Å². The average molecular weight is 362 g/mol. The Bertz CT molecular complexity index is 854. The van der Waals surface area contributed by atoms with Gasteiger partial charge in [-0.05, 0) is 48.6 Å². The van der Waals surface area contributed by atoms with E-state index in [9.17, 15) is 0 Å². The van der Waals surface area contributed by atoms with Crippen LogP contribution in [0, 0.1) is 6.92 Å². The molecule has 23 heavy (non-hydrogen) atoms. The van der Waals surface area contributed by atoms with E-state index < -0.39 is 0 Å². The maximum absolute atomic E-state index is 6.48. The van der Waals surface area contributed by atoms with Gasteiger partial charge in [0.25, 0.3) is 0 Å². The number of aromatic nitrogens is 3. The van der Waals surface area contributed by atoms with Crippen molar-refractivity contribution >= 4 is 35.0 Å². The lowest BCUT2D eigenvalue weighted by Gasteiger charge is -2.13.